The Bertz CT molecular complexity index is 539. The van der Waals surface area contributed by atoms with Crippen molar-refractivity contribution in [2.45, 2.75) is 45.7 Å². The quantitative estimate of drug-likeness (QED) is 0.857. The van der Waals surface area contributed by atoms with E-state index in [0.29, 0.717) is 13.0 Å². The molecule has 0 aliphatic carbocycles. The van der Waals surface area contributed by atoms with Crippen LogP contribution in [-0.2, 0) is 16.0 Å². The van der Waals surface area contributed by atoms with Crippen LogP contribution in [0.25, 0.3) is 0 Å². The summed E-state index contributed by atoms with van der Waals surface area (Å²) in [6, 6.07) is 8.16. The molecule has 0 saturated heterocycles. The molecule has 0 fully saturated rings. The van der Waals surface area contributed by atoms with Crippen LogP contribution in [0.1, 0.15) is 44.4 Å². The van der Waals surface area contributed by atoms with Crippen LogP contribution < -0.4 is 0 Å². The van der Waals surface area contributed by atoms with E-state index in [2.05, 4.69) is 6.07 Å². The normalized spacial score (nSPS) is 17.6. The molecule has 114 valence electrons. The molecule has 0 spiro atoms. The molecule has 4 nitrogen and oxygen atoms in total. The van der Waals surface area contributed by atoms with E-state index in [1.54, 1.807) is 11.8 Å². The Morgan fingerprint density at radius 3 is 2.62 bits per heavy atom. The number of amides is 2. The molecule has 0 bridgehead atoms. The average molecular weight is 288 g/mol. The van der Waals surface area contributed by atoms with E-state index in [1.807, 2.05) is 44.0 Å². The van der Waals surface area contributed by atoms with Crippen LogP contribution >= 0.6 is 0 Å². The first-order valence-corrected chi connectivity index (χ1v) is 7.52. The van der Waals surface area contributed by atoms with Gasteiger partial charge in [0.1, 0.15) is 0 Å². The summed E-state index contributed by atoms with van der Waals surface area (Å²) in [5.74, 6) is 0.118. The SMILES string of the molecule is CC(=O)N1CCc2ccccc2C1CC(=O)N(C)C(C)C. The first kappa shape index (κ1) is 15.5. The fraction of sp³-hybridized carbons (Fsp3) is 0.529. The molecule has 2 amide bonds. The number of benzene rings is 1. The maximum absolute atomic E-state index is 12.4. The molecular weight excluding hydrogens is 264 g/mol. The van der Waals surface area contributed by atoms with Gasteiger partial charge in [-0.05, 0) is 31.4 Å². The van der Waals surface area contributed by atoms with Crippen molar-refractivity contribution < 1.29 is 9.59 Å². The van der Waals surface area contributed by atoms with E-state index in [9.17, 15) is 9.59 Å². The molecule has 1 aliphatic rings. The molecule has 2 rings (SSSR count). The van der Waals surface area contributed by atoms with Gasteiger partial charge in [0.15, 0.2) is 0 Å². The summed E-state index contributed by atoms with van der Waals surface area (Å²) in [4.78, 5) is 27.9. The standard InChI is InChI=1S/C17H24N2O2/c1-12(2)18(4)17(21)11-16-15-8-6-5-7-14(15)9-10-19(16)13(3)20/h5-8,12,16H,9-11H2,1-4H3. The van der Waals surface area contributed by atoms with E-state index in [0.717, 1.165) is 12.0 Å². The number of hydrogen-bond acceptors (Lipinski definition) is 2. The molecule has 21 heavy (non-hydrogen) atoms. The molecule has 0 radical (unpaired) electrons. The second kappa shape index (κ2) is 6.29. The summed E-state index contributed by atoms with van der Waals surface area (Å²) >= 11 is 0. The molecule has 0 aromatic heterocycles. The van der Waals surface area contributed by atoms with Crippen molar-refractivity contribution in [1.29, 1.82) is 0 Å². The topological polar surface area (TPSA) is 40.6 Å². The summed E-state index contributed by atoms with van der Waals surface area (Å²) in [6.07, 6.45) is 1.21. The van der Waals surface area contributed by atoms with Crippen LogP contribution in [0.4, 0.5) is 0 Å². The van der Waals surface area contributed by atoms with E-state index in [-0.39, 0.29) is 23.9 Å². The molecular formula is C17H24N2O2. The lowest BCUT2D eigenvalue weighted by molar-refractivity contribution is -0.136. The van der Waals surface area contributed by atoms with Gasteiger partial charge in [-0.15, -0.1) is 0 Å². The lowest BCUT2D eigenvalue weighted by Crippen LogP contribution is -2.42. The fourth-order valence-corrected chi connectivity index (χ4v) is 2.85. The number of fused-ring (bicyclic) bond motifs is 1. The largest absolute Gasteiger partial charge is 0.343 e. The second-order valence-electron chi connectivity index (χ2n) is 5.98. The highest BCUT2D eigenvalue weighted by molar-refractivity contribution is 5.79. The van der Waals surface area contributed by atoms with Crippen molar-refractivity contribution >= 4 is 11.8 Å². The predicted octanol–water partition coefficient (Wildman–Crippen LogP) is 2.39. The van der Waals surface area contributed by atoms with Crippen molar-refractivity contribution in [3.05, 3.63) is 35.4 Å². The van der Waals surface area contributed by atoms with E-state index in [1.165, 1.54) is 5.56 Å². The molecule has 1 atom stereocenters. The molecule has 1 aromatic rings. The van der Waals surface area contributed by atoms with Crippen molar-refractivity contribution in [1.82, 2.24) is 9.80 Å². The molecule has 1 aromatic carbocycles. The van der Waals surface area contributed by atoms with Gasteiger partial charge in [0.25, 0.3) is 0 Å². The van der Waals surface area contributed by atoms with Gasteiger partial charge < -0.3 is 9.80 Å². The zero-order valence-corrected chi connectivity index (χ0v) is 13.3. The van der Waals surface area contributed by atoms with E-state index < -0.39 is 0 Å². The van der Waals surface area contributed by atoms with Crippen molar-refractivity contribution in [3.63, 3.8) is 0 Å². The van der Waals surface area contributed by atoms with Gasteiger partial charge in [-0.2, -0.15) is 0 Å². The molecule has 1 unspecified atom stereocenters. The lowest BCUT2D eigenvalue weighted by atomic mass is 9.90. The zero-order chi connectivity index (χ0) is 15.6. The van der Waals surface area contributed by atoms with Crippen LogP contribution in [0.2, 0.25) is 0 Å². The highest BCUT2D eigenvalue weighted by Gasteiger charge is 2.31. The number of carbonyl (C=O) groups is 2. The van der Waals surface area contributed by atoms with Gasteiger partial charge >= 0.3 is 0 Å². The Morgan fingerprint density at radius 2 is 2.00 bits per heavy atom. The number of rotatable bonds is 3. The molecule has 0 saturated carbocycles. The third-order valence-electron chi connectivity index (χ3n) is 4.35. The predicted molar refractivity (Wildman–Crippen MR) is 82.8 cm³/mol. The summed E-state index contributed by atoms with van der Waals surface area (Å²) in [5, 5.41) is 0. The Hall–Kier alpha value is -1.84. The molecule has 4 heteroatoms. The monoisotopic (exact) mass is 288 g/mol. The van der Waals surface area contributed by atoms with Crippen molar-refractivity contribution in [2.24, 2.45) is 0 Å². The van der Waals surface area contributed by atoms with Gasteiger partial charge in [-0.25, -0.2) is 0 Å². The van der Waals surface area contributed by atoms with Gasteiger partial charge in [0.2, 0.25) is 11.8 Å². The van der Waals surface area contributed by atoms with Gasteiger partial charge in [-0.3, -0.25) is 9.59 Å². The summed E-state index contributed by atoms with van der Waals surface area (Å²) in [5.41, 5.74) is 2.37. The van der Waals surface area contributed by atoms with Gasteiger partial charge in [-0.1, -0.05) is 24.3 Å². The number of nitrogens with zero attached hydrogens (tertiary/aromatic N) is 2. The second-order valence-corrected chi connectivity index (χ2v) is 5.98. The minimum atomic E-state index is -0.138. The highest BCUT2D eigenvalue weighted by atomic mass is 16.2. The van der Waals surface area contributed by atoms with Crippen LogP contribution in [0, 0.1) is 0 Å². The van der Waals surface area contributed by atoms with Gasteiger partial charge in [0, 0.05) is 26.6 Å². The Kier molecular flexibility index (Phi) is 4.66. The summed E-state index contributed by atoms with van der Waals surface area (Å²) < 4.78 is 0. The minimum absolute atomic E-state index is 0.0366. The molecule has 1 aliphatic heterocycles. The smallest absolute Gasteiger partial charge is 0.224 e. The summed E-state index contributed by atoms with van der Waals surface area (Å²) in [6.45, 7) is 6.26. The van der Waals surface area contributed by atoms with Gasteiger partial charge in [0.05, 0.1) is 12.5 Å². The van der Waals surface area contributed by atoms with E-state index in [4.69, 9.17) is 0 Å². The average Bonchev–Trinajstić information content (AvgIpc) is 2.46. The Balaban J connectivity index is 2.28. The van der Waals surface area contributed by atoms with Crippen LogP contribution in [0.3, 0.4) is 0 Å². The zero-order valence-electron chi connectivity index (χ0n) is 13.3. The van der Waals surface area contributed by atoms with Crippen LogP contribution in [-0.4, -0.2) is 41.2 Å². The van der Waals surface area contributed by atoms with E-state index >= 15 is 0 Å². The van der Waals surface area contributed by atoms with Crippen molar-refractivity contribution in [3.8, 4) is 0 Å². The first-order valence-electron chi connectivity index (χ1n) is 7.52. The number of hydrogen-bond donors (Lipinski definition) is 0. The Labute approximate surface area is 126 Å². The number of carbonyl (C=O) groups excluding carboxylic acids is 2. The molecule has 1 heterocycles. The lowest BCUT2D eigenvalue weighted by Gasteiger charge is -2.37. The van der Waals surface area contributed by atoms with Crippen LogP contribution in [0.15, 0.2) is 24.3 Å². The third-order valence-corrected chi connectivity index (χ3v) is 4.35. The van der Waals surface area contributed by atoms with Crippen molar-refractivity contribution in [2.75, 3.05) is 13.6 Å². The maximum atomic E-state index is 12.4. The Morgan fingerprint density at radius 1 is 1.33 bits per heavy atom. The molecule has 0 N–H and O–H groups in total. The summed E-state index contributed by atoms with van der Waals surface area (Å²) in [7, 11) is 1.82. The third kappa shape index (κ3) is 3.26. The fourth-order valence-electron chi connectivity index (χ4n) is 2.85. The highest BCUT2D eigenvalue weighted by Crippen LogP contribution is 2.32. The maximum Gasteiger partial charge on any atom is 0.224 e. The first-order chi connectivity index (χ1) is 9.91. The minimum Gasteiger partial charge on any atom is -0.343 e. The van der Waals surface area contributed by atoms with Crippen LogP contribution in [0.5, 0.6) is 0 Å².